The Hall–Kier alpha value is -7.83. The molecule has 4 heterocycles. The van der Waals surface area contributed by atoms with Crippen LogP contribution in [0.2, 0.25) is 36.3 Å². The van der Waals surface area contributed by atoms with Crippen LogP contribution >= 0.6 is 86.9 Å². The number of aromatic amines is 1. The summed E-state index contributed by atoms with van der Waals surface area (Å²) >= 11 is 24.7. The first-order valence-corrected chi connectivity index (χ1v) is 48.2. The maximum Gasteiger partial charge on any atom is 1.00 e. The summed E-state index contributed by atoms with van der Waals surface area (Å²) in [6.07, 6.45) is 14.2. The van der Waals surface area contributed by atoms with Gasteiger partial charge in [0, 0.05) is 142 Å². The SMILES string of the molecule is C.CC(C)(C)c1cc(C(=O)Cl)ccc1O[Si](C)(C)C(C)(C)C.CC(C)(C)c1cc(C(=O)Nc2cccc(OCc3cncc(Br)c3)c2)ccc1O.CC(C)(C)c1cc(C(=O)Nc2cccc(OCc3cncc(Br)c3)c2)ccc1O[Si](C)(C)C(C)(C)C.ClCc1c[nH+]cc(Br)c1.Nc1cccc(O)c1.Nc1cccc(OCc2cncc(Br)c2)c1.[Cl-].[H-].[Na+]. The number of alkyl halides is 1. The van der Waals surface area contributed by atoms with Gasteiger partial charge in [-0.2, -0.15) is 0 Å². The minimum absolute atomic E-state index is 0. The third kappa shape index (κ3) is 36.8. The van der Waals surface area contributed by atoms with Crippen LogP contribution in [-0.4, -0.2) is 58.9 Å². The Morgan fingerprint density at radius 3 is 1.14 bits per heavy atom. The number of hydrogen-bond donors (Lipinski definition) is 6. The number of rotatable bonds is 19. The molecule has 0 fully saturated rings. The Bertz CT molecular complexity index is 5160. The minimum Gasteiger partial charge on any atom is -1.00 e. The second-order valence-corrected chi connectivity index (χ2v) is 47.8. The zero-order chi connectivity index (χ0) is 88.4. The zero-order valence-electron chi connectivity index (χ0n) is 73.5. The van der Waals surface area contributed by atoms with Crippen LogP contribution in [0.4, 0.5) is 22.7 Å². The van der Waals surface area contributed by atoms with E-state index in [2.05, 4.69) is 204 Å². The summed E-state index contributed by atoms with van der Waals surface area (Å²) in [6.45, 7) is 42.2. The van der Waals surface area contributed by atoms with Gasteiger partial charge in [0.05, 0.1) is 10.4 Å². The molecule has 0 saturated carbocycles. The number of nitrogens with two attached hydrogens (primary N) is 2. The number of carbonyl (C=O) groups is 3. The normalized spacial score (nSPS) is 11.2. The number of amides is 2. The van der Waals surface area contributed by atoms with Crippen molar-refractivity contribution in [3.05, 3.63) is 299 Å². The largest absolute Gasteiger partial charge is 1.00 e. The van der Waals surface area contributed by atoms with E-state index in [-0.39, 0.29) is 100 Å². The van der Waals surface area contributed by atoms with Gasteiger partial charge < -0.3 is 69.2 Å². The fraction of sp³-hybridized carbons (Fsp3) is 0.309. The average molecular weight is 2020 g/mol. The number of hydrogen-bond acceptors (Lipinski definition) is 15. The fourth-order valence-corrected chi connectivity index (χ4v) is 14.3. The van der Waals surface area contributed by atoms with E-state index in [0.717, 1.165) is 74.1 Å². The Balaban J connectivity index is 0.000000529. The standard InChI is InChI=1S/C29H37BrN2O3Si.C23H23BrN2O3.C17H27ClO2Si.C12H11BrN2O.C6H5BrClN.C6H7NO.CH4.ClH.Na.H/c1-28(2,3)25-15-21(12-13-26(25)35-36(7,8)29(4,5)6)27(33)32-23-10-9-11-24(16-23)34-19-20-14-22(30)18-31-17-20;1-23(2,3)20-10-16(7-8-21(20)27)22(28)26-18-5-4-6-19(11-18)29-14-15-9-17(24)13-25-12-15;1-16(2,3)13-11-12(15(18)19)9-10-14(13)20-21(7,8)17(4,5)6;13-10-4-9(6-15-7-10)8-16-12-3-1-2-11(14)5-12;7-6-1-5(2-8)3-9-4-6;7-5-2-1-3-6(8)4-5;;;;/h9-18H,19H2,1-8H3,(H,32,33);4-13,27H,14H2,1-3H3,(H,26,28);9-11H,1-8H3;1-7H,8,14H2;1,3-4H,2H2;1-4,8H,7H2;1H4;1H;;/q;;;;;;;;+1;-1. The van der Waals surface area contributed by atoms with Gasteiger partial charge in [-0.3, -0.25) is 29.3 Å². The van der Waals surface area contributed by atoms with E-state index in [1.165, 1.54) is 6.07 Å². The minimum atomic E-state index is -2.02. The predicted octanol–water partition coefficient (Wildman–Crippen LogP) is 20.5. The number of pyridine rings is 4. The number of aromatic nitrogens is 4. The van der Waals surface area contributed by atoms with Crippen LogP contribution in [-0.2, 0) is 41.9 Å². The summed E-state index contributed by atoms with van der Waals surface area (Å²) in [5.74, 6) is 4.34. The molecule has 9 N–H and O–H groups in total. The molecular weight excluding hydrogens is 1910 g/mol. The molecule has 0 aliphatic rings. The van der Waals surface area contributed by atoms with Crippen molar-refractivity contribution < 1.29 is 96.0 Å². The molecule has 0 unspecified atom stereocenters. The van der Waals surface area contributed by atoms with Gasteiger partial charge in [0.1, 0.15) is 60.1 Å². The molecule has 2 amide bonds. The third-order valence-corrected chi connectivity index (χ3v) is 29.8. The quantitative estimate of drug-likeness (QED) is 0.0190. The number of phenols is 2. The summed E-state index contributed by atoms with van der Waals surface area (Å²) < 4.78 is 34.2. The molecule has 11 rings (SSSR count). The van der Waals surface area contributed by atoms with Crippen molar-refractivity contribution in [3.8, 4) is 40.2 Å². The van der Waals surface area contributed by atoms with Gasteiger partial charge in [0.15, 0.2) is 12.4 Å². The number of nitrogens with one attached hydrogen (secondary N) is 3. The number of phenolic OH excluding ortho intramolecular Hbond substituents is 2. The van der Waals surface area contributed by atoms with Crippen LogP contribution < -0.4 is 92.1 Å². The van der Waals surface area contributed by atoms with Crippen LogP contribution in [0.15, 0.2) is 243 Å². The van der Waals surface area contributed by atoms with E-state index in [1.54, 1.807) is 97.8 Å². The molecule has 0 aliphatic carbocycles. The van der Waals surface area contributed by atoms with Gasteiger partial charge in [-0.25, -0.2) is 4.98 Å². The predicted molar refractivity (Wildman–Crippen MR) is 512 cm³/mol. The fourth-order valence-electron chi connectivity index (χ4n) is 10.3. The number of aromatic hydroxyl groups is 2. The Labute approximate surface area is 797 Å². The number of halogens is 7. The van der Waals surface area contributed by atoms with Crippen LogP contribution in [0.25, 0.3) is 0 Å². The van der Waals surface area contributed by atoms with Crippen LogP contribution in [0, 0.1) is 0 Å². The molecule has 0 radical (unpaired) electrons. The molecule has 0 saturated heterocycles. The Kier molecular flexibility index (Phi) is 43.7. The summed E-state index contributed by atoms with van der Waals surface area (Å²) in [5.41, 5.74) is 21.3. The molecular formula is C94H116Br4Cl3N8NaO10Si2. The molecule has 0 bridgehead atoms. The van der Waals surface area contributed by atoms with Crippen molar-refractivity contribution >= 4 is 143 Å². The number of anilines is 4. The third-order valence-electron chi connectivity index (χ3n) is 18.9. The smallest absolute Gasteiger partial charge is 1.00 e. The van der Waals surface area contributed by atoms with E-state index in [1.807, 2.05) is 142 Å². The molecule has 0 atom stereocenters. The second-order valence-electron chi connectivity index (χ2n) is 34.1. The summed E-state index contributed by atoms with van der Waals surface area (Å²) in [4.78, 5) is 52.6. The summed E-state index contributed by atoms with van der Waals surface area (Å²) in [6, 6.07) is 52.5. The second kappa shape index (κ2) is 49.2. The molecule has 0 aliphatic heterocycles. The number of ether oxygens (including phenoxy) is 3. The summed E-state index contributed by atoms with van der Waals surface area (Å²) in [7, 11) is -3.94. The number of nitrogens with zero attached hydrogens (tertiary/aromatic N) is 3. The molecule has 7 aromatic carbocycles. The monoisotopic (exact) mass is 2020 g/mol. The Morgan fingerprint density at radius 2 is 0.803 bits per heavy atom. The molecule has 650 valence electrons. The maximum absolute atomic E-state index is 13.2. The van der Waals surface area contributed by atoms with Crippen LogP contribution in [0.1, 0.15) is 183 Å². The summed E-state index contributed by atoms with van der Waals surface area (Å²) in [5, 5.41) is 24.5. The van der Waals surface area contributed by atoms with Crippen molar-refractivity contribution in [2.75, 3.05) is 22.1 Å². The van der Waals surface area contributed by atoms with Crippen molar-refractivity contribution in [1.29, 1.82) is 0 Å². The van der Waals surface area contributed by atoms with E-state index >= 15 is 0 Å². The maximum atomic E-state index is 13.2. The van der Waals surface area contributed by atoms with Crippen LogP contribution in [0.5, 0.6) is 40.2 Å². The molecule has 11 aromatic rings. The number of benzene rings is 7. The van der Waals surface area contributed by atoms with Gasteiger partial charge in [-0.1, -0.05) is 136 Å². The molecule has 0 spiro atoms. The van der Waals surface area contributed by atoms with E-state index in [9.17, 15) is 19.5 Å². The van der Waals surface area contributed by atoms with E-state index in [4.69, 9.17) is 62.8 Å². The van der Waals surface area contributed by atoms with Crippen molar-refractivity contribution in [1.82, 2.24) is 15.0 Å². The van der Waals surface area contributed by atoms with E-state index < -0.39 is 21.9 Å². The number of nitrogen functional groups attached to an aromatic ring is 2. The number of carbonyl (C=O) groups excluding carboxylic acids is 3. The number of H-pyrrole nitrogens is 1. The first-order valence-electron chi connectivity index (χ1n) is 38.3. The van der Waals surface area contributed by atoms with Gasteiger partial charge in [-0.05, 0) is 266 Å². The first-order chi connectivity index (χ1) is 55.5. The topological polar surface area (TPSA) is 267 Å². The molecule has 18 nitrogen and oxygen atoms in total. The van der Waals surface area contributed by atoms with Gasteiger partial charge in [0.25, 0.3) is 17.1 Å². The zero-order valence-corrected chi connectivity index (χ0v) is 85.1. The molecule has 122 heavy (non-hydrogen) atoms. The molecule has 28 heteroatoms. The van der Waals surface area contributed by atoms with Gasteiger partial charge in [0.2, 0.25) is 16.6 Å². The molecule has 4 aromatic heterocycles. The van der Waals surface area contributed by atoms with Crippen molar-refractivity contribution in [2.45, 2.75) is 189 Å². The first kappa shape index (κ1) is 108. The van der Waals surface area contributed by atoms with Gasteiger partial charge in [-0.15, -0.1) is 11.6 Å². The van der Waals surface area contributed by atoms with Gasteiger partial charge >= 0.3 is 29.6 Å². The van der Waals surface area contributed by atoms with E-state index in [0.29, 0.717) is 76.6 Å². The van der Waals surface area contributed by atoms with Crippen molar-refractivity contribution in [3.63, 3.8) is 0 Å². The van der Waals surface area contributed by atoms with Crippen molar-refractivity contribution in [2.24, 2.45) is 0 Å². The van der Waals surface area contributed by atoms with Crippen LogP contribution in [0.3, 0.4) is 0 Å². The average Bonchev–Trinajstić information content (AvgIpc) is 0.801. The Morgan fingerprint density at radius 1 is 0.451 bits per heavy atom.